The number of anilines is 3. The van der Waals surface area contributed by atoms with Crippen LogP contribution in [0.15, 0.2) is 109 Å². The maximum absolute atomic E-state index is 13.3. The molecule has 3 N–H and O–H groups in total. The van der Waals surface area contributed by atoms with Crippen molar-refractivity contribution in [2.75, 3.05) is 10.7 Å². The van der Waals surface area contributed by atoms with E-state index in [0.717, 1.165) is 21.9 Å². The largest absolute Gasteiger partial charge is 0.355 e. The van der Waals surface area contributed by atoms with E-state index in [2.05, 4.69) is 26.1 Å². The number of rotatable bonds is 8. The fourth-order valence-corrected chi connectivity index (χ4v) is 4.18. The summed E-state index contributed by atoms with van der Waals surface area (Å²) in [7, 11) is 0. The molecule has 5 aromatic rings. The van der Waals surface area contributed by atoms with Gasteiger partial charge in [0.15, 0.2) is 0 Å². The maximum atomic E-state index is 13.3. The summed E-state index contributed by atoms with van der Waals surface area (Å²) in [4.78, 5) is 32.9. The van der Waals surface area contributed by atoms with Gasteiger partial charge in [0.05, 0.1) is 10.8 Å². The third kappa shape index (κ3) is 5.06. The van der Waals surface area contributed by atoms with Gasteiger partial charge in [0.1, 0.15) is 6.33 Å². The lowest BCUT2D eigenvalue weighted by atomic mass is 9.91. The van der Waals surface area contributed by atoms with Crippen molar-refractivity contribution in [3.8, 4) is 0 Å². The number of fused-ring (bicyclic) bond motifs is 1. The predicted octanol–water partition coefficient (Wildman–Crippen LogP) is 5.56. The van der Waals surface area contributed by atoms with E-state index in [4.69, 9.17) is 0 Å². The second-order valence-electron chi connectivity index (χ2n) is 8.20. The number of amides is 1. The van der Waals surface area contributed by atoms with Crippen LogP contribution in [0.1, 0.15) is 17.0 Å². The molecule has 0 radical (unpaired) electrons. The Kier molecular flexibility index (Phi) is 6.67. The van der Waals surface area contributed by atoms with Gasteiger partial charge >= 0.3 is 5.69 Å². The fourth-order valence-electron chi connectivity index (χ4n) is 4.18. The molecule has 4 aromatic carbocycles. The number of hydrazine groups is 1. The molecule has 0 aliphatic carbocycles. The standard InChI is InChI=1S/C28H22N6O3/c35-28(24(20-11-3-1-4-12-20)21-13-5-2-6-14-21)33-32-27-25(34(36)37)26(29-18-30-27)31-23-17-9-15-19-10-7-8-16-22(19)23/h1-18,24H,(H,33,35)(H2,29,30,31,32). The average molecular weight is 491 g/mol. The average Bonchev–Trinajstić information content (AvgIpc) is 2.93. The Morgan fingerprint density at radius 1 is 0.757 bits per heavy atom. The van der Waals surface area contributed by atoms with Crippen LogP contribution >= 0.6 is 0 Å². The third-order valence-corrected chi connectivity index (χ3v) is 5.88. The van der Waals surface area contributed by atoms with E-state index in [-0.39, 0.29) is 11.6 Å². The van der Waals surface area contributed by atoms with Gasteiger partial charge in [-0.05, 0) is 22.6 Å². The predicted molar refractivity (Wildman–Crippen MR) is 142 cm³/mol. The zero-order chi connectivity index (χ0) is 25.6. The minimum atomic E-state index is -0.635. The highest BCUT2D eigenvalue weighted by atomic mass is 16.6. The van der Waals surface area contributed by atoms with Gasteiger partial charge in [0, 0.05) is 11.1 Å². The van der Waals surface area contributed by atoms with Crippen LogP contribution in [0.5, 0.6) is 0 Å². The van der Waals surface area contributed by atoms with E-state index in [9.17, 15) is 14.9 Å². The third-order valence-electron chi connectivity index (χ3n) is 5.88. The molecule has 9 nitrogen and oxygen atoms in total. The zero-order valence-corrected chi connectivity index (χ0v) is 19.5. The number of carbonyl (C=O) groups is 1. The number of benzene rings is 4. The zero-order valence-electron chi connectivity index (χ0n) is 19.5. The second-order valence-corrected chi connectivity index (χ2v) is 8.20. The van der Waals surface area contributed by atoms with Crippen LogP contribution in [0.4, 0.5) is 23.0 Å². The van der Waals surface area contributed by atoms with E-state index in [1.54, 1.807) is 0 Å². The molecule has 0 saturated carbocycles. The quantitative estimate of drug-likeness (QED) is 0.192. The summed E-state index contributed by atoms with van der Waals surface area (Å²) in [5, 5.41) is 17.0. The number of aromatic nitrogens is 2. The van der Waals surface area contributed by atoms with Gasteiger partial charge < -0.3 is 5.32 Å². The molecule has 5 rings (SSSR count). The molecule has 1 aromatic heterocycles. The maximum Gasteiger partial charge on any atom is 0.355 e. The van der Waals surface area contributed by atoms with Gasteiger partial charge in [-0.2, -0.15) is 0 Å². The topological polar surface area (TPSA) is 122 Å². The highest BCUT2D eigenvalue weighted by molar-refractivity contribution is 5.96. The molecule has 0 bridgehead atoms. The van der Waals surface area contributed by atoms with Crippen LogP contribution in [0, 0.1) is 10.1 Å². The van der Waals surface area contributed by atoms with Gasteiger partial charge in [0.25, 0.3) is 0 Å². The monoisotopic (exact) mass is 490 g/mol. The molecule has 0 spiro atoms. The van der Waals surface area contributed by atoms with Crippen molar-refractivity contribution in [1.29, 1.82) is 0 Å². The number of nitrogens with zero attached hydrogens (tertiary/aromatic N) is 3. The van der Waals surface area contributed by atoms with E-state index >= 15 is 0 Å². The summed E-state index contributed by atoms with van der Waals surface area (Å²) >= 11 is 0. The summed E-state index contributed by atoms with van der Waals surface area (Å²) in [5.41, 5.74) is 7.07. The minimum Gasteiger partial charge on any atom is -0.334 e. The lowest BCUT2D eigenvalue weighted by molar-refractivity contribution is -0.383. The number of nitrogens with one attached hydrogen (secondary N) is 3. The Hall–Kier alpha value is -5.31. The minimum absolute atomic E-state index is 0.00392. The summed E-state index contributed by atoms with van der Waals surface area (Å²) < 4.78 is 0. The van der Waals surface area contributed by atoms with Gasteiger partial charge in [-0.25, -0.2) is 9.97 Å². The lowest BCUT2D eigenvalue weighted by Gasteiger charge is -2.18. The summed E-state index contributed by atoms with van der Waals surface area (Å²) in [6.45, 7) is 0. The molecule has 0 fully saturated rings. The van der Waals surface area contributed by atoms with E-state index in [0.29, 0.717) is 5.69 Å². The van der Waals surface area contributed by atoms with Gasteiger partial charge in [-0.3, -0.25) is 25.8 Å². The van der Waals surface area contributed by atoms with Crippen molar-refractivity contribution in [1.82, 2.24) is 15.4 Å². The van der Waals surface area contributed by atoms with Crippen LogP contribution in [-0.2, 0) is 4.79 Å². The van der Waals surface area contributed by atoms with Crippen molar-refractivity contribution < 1.29 is 9.72 Å². The van der Waals surface area contributed by atoms with Gasteiger partial charge in [0.2, 0.25) is 17.5 Å². The Labute approximate surface area is 212 Å². The van der Waals surface area contributed by atoms with Crippen molar-refractivity contribution in [2.24, 2.45) is 0 Å². The summed E-state index contributed by atoms with van der Waals surface area (Å²) in [5.74, 6) is -1.18. The summed E-state index contributed by atoms with van der Waals surface area (Å²) in [6.07, 6.45) is 1.20. The molecule has 0 atom stereocenters. The van der Waals surface area contributed by atoms with Crippen LogP contribution in [0.25, 0.3) is 10.8 Å². The molecule has 37 heavy (non-hydrogen) atoms. The first kappa shape index (κ1) is 23.4. The van der Waals surface area contributed by atoms with E-state index in [1.807, 2.05) is 103 Å². The molecular formula is C28H22N6O3. The highest BCUT2D eigenvalue weighted by Crippen LogP contribution is 2.33. The Balaban J connectivity index is 1.43. The van der Waals surface area contributed by atoms with Crippen LogP contribution in [0.2, 0.25) is 0 Å². The molecule has 182 valence electrons. The SMILES string of the molecule is O=C(NNc1ncnc(Nc2cccc3ccccc23)c1[N+](=O)[O-])C(c1ccccc1)c1ccccc1. The second kappa shape index (κ2) is 10.5. The smallest absolute Gasteiger partial charge is 0.334 e. The van der Waals surface area contributed by atoms with Gasteiger partial charge in [-0.1, -0.05) is 97.1 Å². The molecular weight excluding hydrogens is 468 g/mol. The lowest BCUT2D eigenvalue weighted by Crippen LogP contribution is -2.35. The van der Waals surface area contributed by atoms with Crippen molar-refractivity contribution in [3.63, 3.8) is 0 Å². The molecule has 9 heteroatoms. The van der Waals surface area contributed by atoms with E-state index in [1.165, 1.54) is 6.33 Å². The number of hydrogen-bond donors (Lipinski definition) is 3. The van der Waals surface area contributed by atoms with Crippen LogP contribution < -0.4 is 16.2 Å². The molecule has 0 aliphatic heterocycles. The first-order valence-electron chi connectivity index (χ1n) is 11.5. The molecule has 0 aliphatic rings. The van der Waals surface area contributed by atoms with Crippen molar-refractivity contribution in [3.05, 3.63) is 131 Å². The van der Waals surface area contributed by atoms with Crippen molar-refractivity contribution in [2.45, 2.75) is 5.92 Å². The Morgan fingerprint density at radius 2 is 1.35 bits per heavy atom. The normalized spacial score (nSPS) is 10.7. The summed E-state index contributed by atoms with van der Waals surface area (Å²) in [6, 6.07) is 31.9. The number of nitro groups is 1. The first-order chi connectivity index (χ1) is 18.1. The van der Waals surface area contributed by atoms with Crippen LogP contribution in [0.3, 0.4) is 0 Å². The van der Waals surface area contributed by atoms with Crippen molar-refractivity contribution >= 4 is 39.7 Å². The fraction of sp³-hybridized carbons (Fsp3) is 0.0357. The molecule has 1 amide bonds. The highest BCUT2D eigenvalue weighted by Gasteiger charge is 2.26. The van der Waals surface area contributed by atoms with Crippen LogP contribution in [-0.4, -0.2) is 20.8 Å². The Bertz CT molecular complexity index is 1520. The Morgan fingerprint density at radius 3 is 2.03 bits per heavy atom. The molecule has 0 unspecified atom stereocenters. The molecule has 1 heterocycles. The van der Waals surface area contributed by atoms with E-state index < -0.39 is 22.4 Å². The molecule has 0 saturated heterocycles. The first-order valence-corrected chi connectivity index (χ1v) is 11.5. The van der Waals surface area contributed by atoms with Gasteiger partial charge in [-0.15, -0.1) is 0 Å². The number of hydrogen-bond acceptors (Lipinski definition) is 7. The number of carbonyl (C=O) groups excluding carboxylic acids is 1.